The van der Waals surface area contributed by atoms with Gasteiger partial charge in [-0.1, -0.05) is 13.8 Å². The number of fused-ring (bicyclic) bond motifs is 1. The molecule has 6 nitrogen and oxygen atoms in total. The Hall–Kier alpha value is -0.960. The number of amides is 1. The largest absolute Gasteiger partial charge is 0.395 e. The third-order valence-corrected chi connectivity index (χ3v) is 5.83. The van der Waals surface area contributed by atoms with Gasteiger partial charge in [-0.3, -0.25) is 4.79 Å². The molecule has 0 aromatic heterocycles. The van der Waals surface area contributed by atoms with E-state index in [-0.39, 0.29) is 29.7 Å². The highest BCUT2D eigenvalue weighted by Gasteiger charge is 2.27. The number of aliphatic hydroxyl groups is 1. The maximum absolute atomic E-state index is 12.5. The molecule has 1 aliphatic rings. The van der Waals surface area contributed by atoms with E-state index in [1.54, 1.807) is 6.07 Å². The van der Waals surface area contributed by atoms with Gasteiger partial charge in [0.05, 0.1) is 17.9 Å². The van der Waals surface area contributed by atoms with E-state index in [1.807, 2.05) is 13.8 Å². The minimum atomic E-state index is -3.78. The molecule has 1 heterocycles. The summed E-state index contributed by atoms with van der Waals surface area (Å²) in [6, 6.07) is 2.50. The van der Waals surface area contributed by atoms with Gasteiger partial charge in [0.1, 0.15) is 0 Å². The van der Waals surface area contributed by atoms with Crippen molar-refractivity contribution in [1.82, 2.24) is 4.72 Å². The lowest BCUT2D eigenvalue weighted by Gasteiger charge is -2.20. The third-order valence-electron chi connectivity index (χ3n) is 3.38. The molecule has 0 radical (unpaired) electrons. The number of hydrogen-bond donors (Lipinski definition) is 3. The number of rotatable bonds is 5. The molecule has 116 valence electrons. The van der Waals surface area contributed by atoms with Crippen LogP contribution < -0.4 is 10.0 Å². The summed E-state index contributed by atoms with van der Waals surface area (Å²) in [5, 5.41) is 11.9. The van der Waals surface area contributed by atoms with Gasteiger partial charge in [0.15, 0.2) is 0 Å². The molecule has 21 heavy (non-hydrogen) atoms. The number of benzene rings is 1. The lowest BCUT2D eigenvalue weighted by Crippen LogP contribution is -2.41. The first-order valence-corrected chi connectivity index (χ1v) is 8.77. The molecule has 1 aliphatic heterocycles. The first-order chi connectivity index (χ1) is 9.74. The zero-order valence-electron chi connectivity index (χ0n) is 11.7. The van der Waals surface area contributed by atoms with Crippen LogP contribution in [0.15, 0.2) is 21.5 Å². The van der Waals surface area contributed by atoms with Crippen molar-refractivity contribution in [2.24, 2.45) is 5.92 Å². The summed E-state index contributed by atoms with van der Waals surface area (Å²) in [5.41, 5.74) is 1.27. The van der Waals surface area contributed by atoms with Crippen LogP contribution >= 0.6 is 15.9 Å². The van der Waals surface area contributed by atoms with E-state index in [9.17, 15) is 18.3 Å². The van der Waals surface area contributed by atoms with Gasteiger partial charge in [0, 0.05) is 16.2 Å². The molecule has 0 spiro atoms. The Morgan fingerprint density at radius 1 is 1.43 bits per heavy atom. The summed E-state index contributed by atoms with van der Waals surface area (Å²) < 4.78 is 27.8. The molecule has 1 amide bonds. The molecule has 8 heteroatoms. The Labute approximate surface area is 132 Å². The van der Waals surface area contributed by atoms with Crippen molar-refractivity contribution in [1.29, 1.82) is 0 Å². The predicted molar refractivity (Wildman–Crippen MR) is 82.5 cm³/mol. The fourth-order valence-corrected chi connectivity index (χ4v) is 4.55. The van der Waals surface area contributed by atoms with Crippen molar-refractivity contribution in [3.8, 4) is 0 Å². The minimum absolute atomic E-state index is 0.0405. The highest BCUT2D eigenvalue weighted by molar-refractivity contribution is 9.10. The van der Waals surface area contributed by atoms with Crippen LogP contribution in [0.25, 0.3) is 0 Å². The molecule has 1 atom stereocenters. The second-order valence-corrected chi connectivity index (χ2v) is 7.86. The second kappa shape index (κ2) is 6.04. The molecule has 2 rings (SSSR count). The SMILES string of the molecule is CC(C)C(CO)NS(=O)(=O)c1cc2c(cc1Br)NC(=O)C2. The van der Waals surface area contributed by atoms with Gasteiger partial charge in [-0.05, 0) is 39.5 Å². The van der Waals surface area contributed by atoms with Crippen LogP contribution in [0.5, 0.6) is 0 Å². The number of carbonyl (C=O) groups is 1. The molecule has 1 aromatic rings. The Morgan fingerprint density at radius 2 is 2.10 bits per heavy atom. The first-order valence-electron chi connectivity index (χ1n) is 6.50. The van der Waals surface area contributed by atoms with Crippen LogP contribution in [0.1, 0.15) is 19.4 Å². The van der Waals surface area contributed by atoms with Gasteiger partial charge >= 0.3 is 0 Å². The summed E-state index contributed by atoms with van der Waals surface area (Å²) in [7, 11) is -3.78. The summed E-state index contributed by atoms with van der Waals surface area (Å²) in [5.74, 6) is -0.198. The topological polar surface area (TPSA) is 95.5 Å². The van der Waals surface area contributed by atoms with E-state index in [4.69, 9.17) is 0 Å². The van der Waals surface area contributed by atoms with Crippen LogP contribution in [-0.4, -0.2) is 32.1 Å². The van der Waals surface area contributed by atoms with Crippen molar-refractivity contribution in [3.05, 3.63) is 22.2 Å². The van der Waals surface area contributed by atoms with Gasteiger partial charge in [-0.25, -0.2) is 13.1 Å². The van der Waals surface area contributed by atoms with Crippen LogP contribution in [0.4, 0.5) is 5.69 Å². The molecule has 0 fully saturated rings. The maximum Gasteiger partial charge on any atom is 0.242 e. The van der Waals surface area contributed by atoms with Crippen LogP contribution in [0, 0.1) is 5.92 Å². The molecule has 0 aliphatic carbocycles. The Balaban J connectivity index is 2.37. The molecule has 0 saturated heterocycles. The molecule has 3 N–H and O–H groups in total. The Kier molecular flexibility index (Phi) is 4.72. The average molecular weight is 377 g/mol. The minimum Gasteiger partial charge on any atom is -0.395 e. The standard InChI is InChI=1S/C13H17BrN2O4S/c1-7(2)11(6-17)16-21(19,20)12-3-8-4-13(18)15-10(8)5-9(12)14/h3,5,7,11,16-17H,4,6H2,1-2H3,(H,15,18). The Morgan fingerprint density at radius 3 is 2.67 bits per heavy atom. The van der Waals surface area contributed by atoms with E-state index < -0.39 is 16.1 Å². The number of nitrogens with one attached hydrogen (secondary N) is 2. The summed E-state index contributed by atoms with van der Waals surface area (Å²) >= 11 is 3.22. The highest BCUT2D eigenvalue weighted by atomic mass is 79.9. The van der Waals surface area contributed by atoms with Crippen LogP contribution in [0.2, 0.25) is 0 Å². The highest BCUT2D eigenvalue weighted by Crippen LogP contribution is 2.32. The number of hydrogen-bond acceptors (Lipinski definition) is 4. The van der Waals surface area contributed by atoms with Crippen molar-refractivity contribution in [2.75, 3.05) is 11.9 Å². The summed E-state index contributed by atoms with van der Waals surface area (Å²) in [6.45, 7) is 3.37. The lowest BCUT2D eigenvalue weighted by atomic mass is 10.1. The number of anilines is 1. The maximum atomic E-state index is 12.5. The molecule has 1 aromatic carbocycles. The van der Waals surface area contributed by atoms with E-state index in [0.717, 1.165) is 0 Å². The lowest BCUT2D eigenvalue weighted by molar-refractivity contribution is -0.115. The predicted octanol–water partition coefficient (Wildman–Crippen LogP) is 1.24. The molecule has 0 bridgehead atoms. The normalized spacial score (nSPS) is 16.0. The second-order valence-electron chi connectivity index (χ2n) is 5.32. The van der Waals surface area contributed by atoms with Gasteiger partial charge in [-0.2, -0.15) is 0 Å². The molecular formula is C13H17BrN2O4S. The number of halogens is 1. The zero-order chi connectivity index (χ0) is 15.8. The van der Waals surface area contributed by atoms with E-state index in [2.05, 4.69) is 26.0 Å². The monoisotopic (exact) mass is 376 g/mol. The number of carbonyl (C=O) groups excluding carboxylic acids is 1. The number of aliphatic hydroxyl groups excluding tert-OH is 1. The van der Waals surface area contributed by atoms with Crippen molar-refractivity contribution < 1.29 is 18.3 Å². The van der Waals surface area contributed by atoms with Crippen LogP contribution in [0.3, 0.4) is 0 Å². The third kappa shape index (κ3) is 3.45. The fourth-order valence-electron chi connectivity index (χ4n) is 2.08. The first kappa shape index (κ1) is 16.4. The van der Waals surface area contributed by atoms with E-state index >= 15 is 0 Å². The smallest absolute Gasteiger partial charge is 0.242 e. The van der Waals surface area contributed by atoms with Gasteiger partial charge in [0.25, 0.3) is 0 Å². The Bertz CT molecular complexity index is 673. The van der Waals surface area contributed by atoms with Gasteiger partial charge in [0.2, 0.25) is 15.9 Å². The van der Waals surface area contributed by atoms with Crippen molar-refractivity contribution in [3.63, 3.8) is 0 Å². The van der Waals surface area contributed by atoms with E-state index in [0.29, 0.717) is 15.7 Å². The van der Waals surface area contributed by atoms with Crippen LogP contribution in [-0.2, 0) is 21.2 Å². The van der Waals surface area contributed by atoms with Gasteiger partial charge in [-0.15, -0.1) is 0 Å². The number of sulfonamides is 1. The summed E-state index contributed by atoms with van der Waals surface area (Å²) in [6.07, 6.45) is 0.165. The average Bonchev–Trinajstić information content (AvgIpc) is 2.73. The van der Waals surface area contributed by atoms with Crippen molar-refractivity contribution >= 4 is 37.5 Å². The van der Waals surface area contributed by atoms with Crippen molar-refractivity contribution in [2.45, 2.75) is 31.2 Å². The fraction of sp³-hybridized carbons (Fsp3) is 0.462. The zero-order valence-corrected chi connectivity index (χ0v) is 14.1. The van der Waals surface area contributed by atoms with E-state index in [1.165, 1.54) is 6.07 Å². The molecule has 0 saturated carbocycles. The molecule has 1 unspecified atom stereocenters. The quantitative estimate of drug-likeness (QED) is 0.720. The molecular weight excluding hydrogens is 360 g/mol. The van der Waals surface area contributed by atoms with Gasteiger partial charge < -0.3 is 10.4 Å². The summed E-state index contributed by atoms with van der Waals surface area (Å²) in [4.78, 5) is 11.4.